The zero-order valence-electron chi connectivity index (χ0n) is 12.0. The Bertz CT molecular complexity index is 414. The van der Waals surface area contributed by atoms with Crippen molar-refractivity contribution in [3.63, 3.8) is 0 Å². The summed E-state index contributed by atoms with van der Waals surface area (Å²) in [6, 6.07) is 7.80. The van der Waals surface area contributed by atoms with E-state index in [2.05, 4.69) is 22.5 Å². The lowest BCUT2D eigenvalue weighted by Gasteiger charge is -2.28. The Morgan fingerprint density at radius 3 is 2.60 bits per heavy atom. The van der Waals surface area contributed by atoms with Crippen molar-refractivity contribution in [2.24, 2.45) is 0 Å². The van der Waals surface area contributed by atoms with Crippen LogP contribution in [0.3, 0.4) is 0 Å². The van der Waals surface area contributed by atoms with E-state index in [4.69, 9.17) is 4.74 Å². The van der Waals surface area contributed by atoms with Gasteiger partial charge in [-0.05, 0) is 30.7 Å². The van der Waals surface area contributed by atoms with Crippen molar-refractivity contribution < 1.29 is 9.53 Å². The van der Waals surface area contributed by atoms with Gasteiger partial charge >= 0.3 is 6.03 Å². The third-order valence-electron chi connectivity index (χ3n) is 3.32. The molecule has 0 radical (unpaired) electrons. The Morgan fingerprint density at radius 2 is 1.95 bits per heavy atom. The fraction of sp³-hybridized carbons (Fsp3) is 0.533. The topological polar surface area (TPSA) is 53.6 Å². The minimum absolute atomic E-state index is 0.141. The lowest BCUT2D eigenvalue weighted by Crippen LogP contribution is -2.36. The molecule has 1 aliphatic heterocycles. The number of unbranched alkanes of at least 4 members (excludes halogenated alkanes) is 1. The van der Waals surface area contributed by atoms with Gasteiger partial charge < -0.3 is 20.3 Å². The molecular weight excluding hydrogens is 254 g/mol. The van der Waals surface area contributed by atoms with Gasteiger partial charge in [-0.3, -0.25) is 0 Å². The summed E-state index contributed by atoms with van der Waals surface area (Å²) in [5.41, 5.74) is 1.99. The van der Waals surface area contributed by atoms with Crippen molar-refractivity contribution in [2.45, 2.75) is 19.8 Å². The highest BCUT2D eigenvalue weighted by atomic mass is 16.5. The molecule has 5 nitrogen and oxygen atoms in total. The first-order valence-corrected chi connectivity index (χ1v) is 7.27. The fourth-order valence-corrected chi connectivity index (χ4v) is 2.13. The smallest absolute Gasteiger partial charge is 0.319 e. The van der Waals surface area contributed by atoms with E-state index in [9.17, 15) is 4.79 Å². The summed E-state index contributed by atoms with van der Waals surface area (Å²) in [5, 5.41) is 5.67. The minimum atomic E-state index is -0.141. The van der Waals surface area contributed by atoms with Crippen LogP contribution in [0.15, 0.2) is 24.3 Å². The highest BCUT2D eigenvalue weighted by molar-refractivity contribution is 5.89. The molecule has 1 aromatic rings. The molecule has 1 aromatic carbocycles. The molecule has 2 amide bonds. The minimum Gasteiger partial charge on any atom is -0.378 e. The summed E-state index contributed by atoms with van der Waals surface area (Å²) >= 11 is 0. The van der Waals surface area contributed by atoms with Crippen molar-refractivity contribution in [1.29, 1.82) is 0 Å². The molecule has 0 bridgehead atoms. The molecule has 5 heteroatoms. The van der Waals surface area contributed by atoms with Crippen molar-refractivity contribution >= 4 is 17.4 Å². The number of amides is 2. The molecule has 1 heterocycles. The van der Waals surface area contributed by atoms with E-state index in [0.29, 0.717) is 6.54 Å². The van der Waals surface area contributed by atoms with Crippen LogP contribution in [0, 0.1) is 0 Å². The van der Waals surface area contributed by atoms with Crippen molar-refractivity contribution in [3.8, 4) is 0 Å². The van der Waals surface area contributed by atoms with Crippen LogP contribution in [-0.2, 0) is 4.74 Å². The van der Waals surface area contributed by atoms with Crippen LogP contribution in [0.5, 0.6) is 0 Å². The number of urea groups is 1. The molecule has 1 saturated heterocycles. The van der Waals surface area contributed by atoms with Crippen LogP contribution in [0.25, 0.3) is 0 Å². The number of hydrogen-bond acceptors (Lipinski definition) is 3. The number of morpholine rings is 1. The van der Waals surface area contributed by atoms with Crippen molar-refractivity contribution in [3.05, 3.63) is 24.3 Å². The zero-order chi connectivity index (χ0) is 14.2. The molecule has 20 heavy (non-hydrogen) atoms. The average Bonchev–Trinajstić information content (AvgIpc) is 2.49. The quantitative estimate of drug-likeness (QED) is 0.813. The predicted octanol–water partition coefficient (Wildman–Crippen LogP) is 2.44. The summed E-state index contributed by atoms with van der Waals surface area (Å²) in [7, 11) is 0. The lowest BCUT2D eigenvalue weighted by molar-refractivity contribution is 0.122. The van der Waals surface area contributed by atoms with Gasteiger partial charge in [0.2, 0.25) is 0 Å². The maximum Gasteiger partial charge on any atom is 0.319 e. The first-order chi connectivity index (χ1) is 9.79. The summed E-state index contributed by atoms with van der Waals surface area (Å²) < 4.78 is 5.34. The molecule has 2 rings (SSSR count). The van der Waals surface area contributed by atoms with E-state index in [1.807, 2.05) is 24.3 Å². The van der Waals surface area contributed by atoms with Crippen LogP contribution in [0.1, 0.15) is 19.8 Å². The molecule has 0 aromatic heterocycles. The third kappa shape index (κ3) is 4.42. The molecule has 2 N–H and O–H groups in total. The largest absolute Gasteiger partial charge is 0.378 e. The number of hydrogen-bond donors (Lipinski definition) is 2. The second-order valence-corrected chi connectivity index (χ2v) is 4.88. The van der Waals surface area contributed by atoms with Crippen LogP contribution < -0.4 is 15.5 Å². The predicted molar refractivity (Wildman–Crippen MR) is 81.4 cm³/mol. The molecule has 0 unspecified atom stereocenters. The monoisotopic (exact) mass is 277 g/mol. The van der Waals surface area contributed by atoms with Crippen LogP contribution >= 0.6 is 0 Å². The van der Waals surface area contributed by atoms with Gasteiger partial charge in [0.25, 0.3) is 0 Å². The molecule has 110 valence electrons. The number of nitrogens with zero attached hydrogens (tertiary/aromatic N) is 1. The Balaban J connectivity index is 1.83. The molecule has 0 spiro atoms. The maximum absolute atomic E-state index is 11.6. The van der Waals surface area contributed by atoms with Gasteiger partial charge in [0, 0.05) is 31.0 Å². The summed E-state index contributed by atoms with van der Waals surface area (Å²) in [5.74, 6) is 0. The highest BCUT2D eigenvalue weighted by Crippen LogP contribution is 2.18. The Hall–Kier alpha value is -1.75. The van der Waals surface area contributed by atoms with Gasteiger partial charge in [0.15, 0.2) is 0 Å². The molecule has 0 saturated carbocycles. The van der Waals surface area contributed by atoms with Gasteiger partial charge in [-0.25, -0.2) is 4.79 Å². The van der Waals surface area contributed by atoms with Gasteiger partial charge in [0.1, 0.15) is 0 Å². The SMILES string of the molecule is CCCCNC(=O)Nc1ccc(N2CCOCC2)cc1. The number of ether oxygens (including phenoxy) is 1. The number of anilines is 2. The summed E-state index contributed by atoms with van der Waals surface area (Å²) in [4.78, 5) is 13.9. The van der Waals surface area contributed by atoms with Gasteiger partial charge in [-0.2, -0.15) is 0 Å². The van der Waals surface area contributed by atoms with Crippen LogP contribution in [-0.4, -0.2) is 38.9 Å². The number of carbonyl (C=O) groups excluding carboxylic acids is 1. The number of benzene rings is 1. The first kappa shape index (κ1) is 14.7. The molecule has 1 aliphatic rings. The standard InChI is InChI=1S/C15H23N3O2/c1-2-3-8-16-15(19)17-13-4-6-14(7-5-13)18-9-11-20-12-10-18/h4-7H,2-3,8-12H2,1H3,(H2,16,17,19). The van der Waals surface area contributed by atoms with Crippen LogP contribution in [0.4, 0.5) is 16.2 Å². The Morgan fingerprint density at radius 1 is 1.25 bits per heavy atom. The van der Waals surface area contributed by atoms with Crippen molar-refractivity contribution in [1.82, 2.24) is 5.32 Å². The van der Waals surface area contributed by atoms with E-state index >= 15 is 0 Å². The van der Waals surface area contributed by atoms with E-state index in [-0.39, 0.29) is 6.03 Å². The second-order valence-electron chi connectivity index (χ2n) is 4.88. The average molecular weight is 277 g/mol. The van der Waals surface area contributed by atoms with E-state index < -0.39 is 0 Å². The van der Waals surface area contributed by atoms with E-state index in [1.54, 1.807) is 0 Å². The Labute approximate surface area is 120 Å². The van der Waals surface area contributed by atoms with E-state index in [1.165, 1.54) is 5.69 Å². The van der Waals surface area contributed by atoms with Crippen molar-refractivity contribution in [2.75, 3.05) is 43.1 Å². The lowest BCUT2D eigenvalue weighted by atomic mass is 10.2. The van der Waals surface area contributed by atoms with Gasteiger partial charge in [0.05, 0.1) is 13.2 Å². The van der Waals surface area contributed by atoms with E-state index in [0.717, 1.165) is 44.8 Å². The fourth-order valence-electron chi connectivity index (χ4n) is 2.13. The molecule has 0 aliphatic carbocycles. The second kappa shape index (κ2) is 7.75. The number of nitrogens with one attached hydrogen (secondary N) is 2. The maximum atomic E-state index is 11.6. The van der Waals surface area contributed by atoms with Crippen LogP contribution in [0.2, 0.25) is 0 Å². The molecule has 1 fully saturated rings. The third-order valence-corrected chi connectivity index (χ3v) is 3.32. The number of carbonyl (C=O) groups is 1. The summed E-state index contributed by atoms with van der Waals surface area (Å²) in [6.45, 7) is 6.21. The first-order valence-electron chi connectivity index (χ1n) is 7.27. The Kier molecular flexibility index (Phi) is 5.68. The van der Waals surface area contributed by atoms with Gasteiger partial charge in [-0.1, -0.05) is 13.3 Å². The summed E-state index contributed by atoms with van der Waals surface area (Å²) in [6.07, 6.45) is 2.08. The molecular formula is C15H23N3O2. The highest BCUT2D eigenvalue weighted by Gasteiger charge is 2.10. The van der Waals surface area contributed by atoms with Gasteiger partial charge in [-0.15, -0.1) is 0 Å². The zero-order valence-corrected chi connectivity index (χ0v) is 12.0. The normalized spacial score (nSPS) is 14.9. The molecule has 0 atom stereocenters. The number of rotatable bonds is 5.